The fourth-order valence-corrected chi connectivity index (χ4v) is 2.94. The molecule has 0 aromatic heterocycles. The quantitative estimate of drug-likeness (QED) is 0.883. The molecule has 0 saturated carbocycles. The summed E-state index contributed by atoms with van der Waals surface area (Å²) in [5.74, 6) is -1.15. The van der Waals surface area contributed by atoms with Crippen molar-refractivity contribution in [3.8, 4) is 0 Å². The van der Waals surface area contributed by atoms with Crippen LogP contribution in [0.3, 0.4) is 0 Å². The van der Waals surface area contributed by atoms with Crippen LogP contribution in [0.25, 0.3) is 0 Å². The minimum Gasteiger partial charge on any atom is -0.480 e. The van der Waals surface area contributed by atoms with Crippen LogP contribution in [-0.2, 0) is 14.8 Å². The zero-order chi connectivity index (χ0) is 13.9. The summed E-state index contributed by atoms with van der Waals surface area (Å²) in [5.41, 5.74) is 1.35. The van der Waals surface area contributed by atoms with Crippen molar-refractivity contribution in [2.45, 2.75) is 26.3 Å². The Morgan fingerprint density at radius 1 is 1.33 bits per heavy atom. The highest BCUT2D eigenvalue weighted by molar-refractivity contribution is 7.92. The van der Waals surface area contributed by atoms with Crippen LogP contribution >= 0.6 is 0 Å². The largest absolute Gasteiger partial charge is 0.480 e. The summed E-state index contributed by atoms with van der Waals surface area (Å²) >= 11 is 0. The third-order valence-electron chi connectivity index (χ3n) is 2.60. The Labute approximate surface area is 107 Å². The highest BCUT2D eigenvalue weighted by atomic mass is 32.2. The molecule has 5 nitrogen and oxygen atoms in total. The van der Waals surface area contributed by atoms with Crippen LogP contribution in [0.4, 0.5) is 5.69 Å². The molecule has 0 aliphatic rings. The van der Waals surface area contributed by atoms with E-state index >= 15 is 0 Å². The number of aliphatic carboxylic acids is 1. The van der Waals surface area contributed by atoms with Gasteiger partial charge < -0.3 is 5.11 Å². The summed E-state index contributed by atoms with van der Waals surface area (Å²) in [6, 6.07) is 5.65. The molecule has 6 heteroatoms. The number of nitrogens with zero attached hydrogens (tertiary/aromatic N) is 1. The zero-order valence-electron chi connectivity index (χ0n) is 10.6. The standard InChI is InChI=1S/C12H17NO4S/c1-4-11(12(14)15)13(18(3,16)17)10-7-5-9(2)6-8-10/h5-8,11H,4H2,1-3H3,(H,14,15)/t11-/m1/s1. The summed E-state index contributed by atoms with van der Waals surface area (Å²) in [7, 11) is -3.63. The number of aryl methyl sites for hydroxylation is 1. The topological polar surface area (TPSA) is 74.7 Å². The fourth-order valence-electron chi connectivity index (χ4n) is 1.73. The first kappa shape index (κ1) is 14.5. The van der Waals surface area contributed by atoms with Crippen molar-refractivity contribution in [1.82, 2.24) is 0 Å². The average molecular weight is 271 g/mol. The molecule has 0 aliphatic heterocycles. The molecule has 1 N–H and O–H groups in total. The maximum atomic E-state index is 11.8. The highest BCUT2D eigenvalue weighted by Crippen LogP contribution is 2.22. The van der Waals surface area contributed by atoms with Gasteiger partial charge in [-0.1, -0.05) is 24.6 Å². The molecule has 1 aromatic rings. The summed E-state index contributed by atoms with van der Waals surface area (Å²) in [4.78, 5) is 11.2. The number of anilines is 1. The molecule has 0 spiro atoms. The highest BCUT2D eigenvalue weighted by Gasteiger charge is 2.30. The Balaban J connectivity index is 3.30. The third kappa shape index (κ3) is 3.22. The second-order valence-electron chi connectivity index (χ2n) is 4.16. The van der Waals surface area contributed by atoms with Gasteiger partial charge in [-0.3, -0.25) is 4.31 Å². The van der Waals surface area contributed by atoms with Gasteiger partial charge in [0.15, 0.2) is 0 Å². The lowest BCUT2D eigenvalue weighted by atomic mass is 10.2. The number of carbonyl (C=O) groups is 1. The predicted molar refractivity (Wildman–Crippen MR) is 70.2 cm³/mol. The monoisotopic (exact) mass is 271 g/mol. The van der Waals surface area contributed by atoms with E-state index in [4.69, 9.17) is 5.11 Å². The Hall–Kier alpha value is -1.56. The van der Waals surface area contributed by atoms with Gasteiger partial charge in [-0.2, -0.15) is 0 Å². The van der Waals surface area contributed by atoms with Gasteiger partial charge in [0.1, 0.15) is 6.04 Å². The molecule has 0 radical (unpaired) electrons. The van der Waals surface area contributed by atoms with Crippen molar-refractivity contribution in [2.75, 3.05) is 10.6 Å². The number of carboxylic acid groups (broad SMARTS) is 1. The van der Waals surface area contributed by atoms with Crippen molar-refractivity contribution >= 4 is 21.7 Å². The SMILES string of the molecule is CC[C@H](C(=O)O)N(c1ccc(C)cc1)S(C)(=O)=O. The Kier molecular flexibility index (Phi) is 4.34. The van der Waals surface area contributed by atoms with Crippen molar-refractivity contribution in [1.29, 1.82) is 0 Å². The lowest BCUT2D eigenvalue weighted by Gasteiger charge is -2.28. The van der Waals surface area contributed by atoms with E-state index in [0.29, 0.717) is 5.69 Å². The molecule has 0 heterocycles. The molecule has 0 aliphatic carbocycles. The first-order chi connectivity index (χ1) is 8.27. The number of rotatable bonds is 5. The number of hydrogen-bond acceptors (Lipinski definition) is 3. The molecule has 1 atom stereocenters. The minimum absolute atomic E-state index is 0.205. The van der Waals surface area contributed by atoms with Gasteiger partial charge in [0.05, 0.1) is 11.9 Å². The van der Waals surface area contributed by atoms with Gasteiger partial charge in [0.2, 0.25) is 10.0 Å². The van der Waals surface area contributed by atoms with Crippen molar-refractivity contribution in [3.05, 3.63) is 29.8 Å². The van der Waals surface area contributed by atoms with E-state index in [1.54, 1.807) is 31.2 Å². The lowest BCUT2D eigenvalue weighted by molar-refractivity contribution is -0.138. The van der Waals surface area contributed by atoms with Gasteiger partial charge in [0, 0.05) is 0 Å². The Morgan fingerprint density at radius 3 is 2.17 bits per heavy atom. The van der Waals surface area contributed by atoms with Crippen LogP contribution in [0.5, 0.6) is 0 Å². The van der Waals surface area contributed by atoms with Crippen LogP contribution in [-0.4, -0.2) is 31.8 Å². The maximum absolute atomic E-state index is 11.8. The van der Waals surface area contributed by atoms with Gasteiger partial charge in [0.25, 0.3) is 0 Å². The third-order valence-corrected chi connectivity index (χ3v) is 3.78. The summed E-state index contributed by atoms with van der Waals surface area (Å²) in [5, 5.41) is 9.12. The minimum atomic E-state index is -3.63. The van der Waals surface area contributed by atoms with Crippen LogP contribution < -0.4 is 4.31 Å². The molecule has 0 bridgehead atoms. The number of sulfonamides is 1. The first-order valence-corrected chi connectivity index (χ1v) is 7.41. The molecule has 0 amide bonds. The average Bonchev–Trinajstić information content (AvgIpc) is 2.25. The normalized spacial score (nSPS) is 13.1. The molecule has 0 saturated heterocycles. The second kappa shape index (κ2) is 5.39. The fraction of sp³-hybridized carbons (Fsp3) is 0.417. The Morgan fingerprint density at radius 2 is 1.83 bits per heavy atom. The summed E-state index contributed by atoms with van der Waals surface area (Å²) in [6.07, 6.45) is 1.22. The molecular weight excluding hydrogens is 254 g/mol. The Bertz CT molecular complexity index is 522. The van der Waals surface area contributed by atoms with E-state index in [-0.39, 0.29) is 6.42 Å². The molecule has 1 rings (SSSR count). The molecule has 18 heavy (non-hydrogen) atoms. The van der Waals surface area contributed by atoms with E-state index in [2.05, 4.69) is 0 Å². The molecular formula is C12H17NO4S. The van der Waals surface area contributed by atoms with Gasteiger partial charge >= 0.3 is 5.97 Å². The molecule has 1 aromatic carbocycles. The maximum Gasteiger partial charge on any atom is 0.327 e. The van der Waals surface area contributed by atoms with Gasteiger partial charge in [-0.25, -0.2) is 13.2 Å². The predicted octanol–water partition coefficient (Wildman–Crippen LogP) is 1.62. The van der Waals surface area contributed by atoms with Crippen LogP contribution in [0, 0.1) is 6.92 Å². The van der Waals surface area contributed by atoms with E-state index < -0.39 is 22.0 Å². The zero-order valence-corrected chi connectivity index (χ0v) is 11.4. The van der Waals surface area contributed by atoms with Crippen LogP contribution in [0.1, 0.15) is 18.9 Å². The molecule has 100 valence electrons. The number of carboxylic acids is 1. The van der Waals surface area contributed by atoms with E-state index in [1.807, 2.05) is 6.92 Å². The lowest BCUT2D eigenvalue weighted by Crippen LogP contribution is -2.44. The van der Waals surface area contributed by atoms with Crippen molar-refractivity contribution in [2.24, 2.45) is 0 Å². The van der Waals surface area contributed by atoms with Crippen LogP contribution in [0.2, 0.25) is 0 Å². The second-order valence-corrected chi connectivity index (χ2v) is 6.02. The van der Waals surface area contributed by atoms with Gasteiger partial charge in [-0.05, 0) is 25.5 Å². The van der Waals surface area contributed by atoms with Crippen molar-refractivity contribution in [3.63, 3.8) is 0 Å². The van der Waals surface area contributed by atoms with Crippen molar-refractivity contribution < 1.29 is 18.3 Å². The van der Waals surface area contributed by atoms with E-state index in [0.717, 1.165) is 16.1 Å². The van der Waals surface area contributed by atoms with Crippen LogP contribution in [0.15, 0.2) is 24.3 Å². The molecule has 0 unspecified atom stereocenters. The smallest absolute Gasteiger partial charge is 0.327 e. The van der Waals surface area contributed by atoms with E-state index in [9.17, 15) is 13.2 Å². The summed E-state index contributed by atoms with van der Waals surface area (Å²) in [6.45, 7) is 3.52. The van der Waals surface area contributed by atoms with E-state index in [1.165, 1.54) is 0 Å². The van der Waals surface area contributed by atoms with Gasteiger partial charge in [-0.15, -0.1) is 0 Å². The number of hydrogen-bond donors (Lipinski definition) is 1. The number of benzene rings is 1. The summed E-state index contributed by atoms with van der Waals surface area (Å²) < 4.78 is 24.5. The molecule has 0 fully saturated rings. The first-order valence-electron chi connectivity index (χ1n) is 5.56.